The Hall–Kier alpha value is -2.33. The molecule has 0 fully saturated rings. The predicted molar refractivity (Wildman–Crippen MR) is 77.2 cm³/mol. The first kappa shape index (κ1) is 19.7. The van der Waals surface area contributed by atoms with Crippen molar-refractivity contribution in [2.45, 2.75) is 5.54 Å². The Bertz CT molecular complexity index is 550. The fraction of sp³-hybridized carbons (Fsp3) is 0.308. The number of carboxylic acids is 1. The Kier molecular flexibility index (Phi) is 8.56. The molecule has 0 aromatic heterocycles. The Labute approximate surface area is 125 Å². The Morgan fingerprint density at radius 3 is 1.95 bits per heavy atom. The lowest BCUT2D eigenvalue weighted by molar-refractivity contribution is -0.147. The molecule has 7 N–H and O–H groups in total. The third kappa shape index (κ3) is 6.90. The number of amides is 1. The molecule has 1 rings (SSSR count). The van der Waals surface area contributed by atoms with E-state index in [1.807, 2.05) is 5.32 Å². The van der Waals surface area contributed by atoms with Gasteiger partial charge in [0, 0.05) is 0 Å². The monoisotopic (exact) mass is 314 g/mol. The van der Waals surface area contributed by atoms with E-state index in [1.165, 1.54) is 24.3 Å². The summed E-state index contributed by atoms with van der Waals surface area (Å²) in [5.41, 5.74) is 3.44. The second-order valence-corrected chi connectivity index (χ2v) is 4.28. The molecule has 0 unspecified atom stereocenters. The molecule has 1 aromatic carbocycles. The highest BCUT2D eigenvalue weighted by Gasteiger charge is 2.20. The maximum Gasteiger partial charge on any atom is 0.394 e. The van der Waals surface area contributed by atoms with Crippen LogP contribution >= 0.6 is 0 Å². The summed E-state index contributed by atoms with van der Waals surface area (Å²) in [6.45, 7) is -1.21. The lowest BCUT2D eigenvalue weighted by Crippen LogP contribution is -2.50. The van der Waals surface area contributed by atoms with Crippen molar-refractivity contribution in [2.24, 2.45) is 5.73 Å². The van der Waals surface area contributed by atoms with Gasteiger partial charge in [-0.25, -0.2) is 4.79 Å². The van der Waals surface area contributed by atoms with Gasteiger partial charge in [-0.3, -0.25) is 9.59 Å². The molecule has 0 aliphatic heterocycles. The summed E-state index contributed by atoms with van der Waals surface area (Å²) in [6.07, 6.45) is 0. The molecular weight excluding hydrogens is 296 g/mol. The standard InChI is InChI=1S/C9H7NO4.C4H11NO3/c11-7-5-3-1-2-4-6(7)10-8(12)9(13)14;5-4(1-6,2-7)3-8/h1-5H,(H,13,14)(H,10,11,12);6-8H,1-3,5H2. The number of aliphatic hydroxyl groups is 3. The topological polar surface area (TPSA) is 170 Å². The minimum absolute atomic E-state index is 0.0533. The molecule has 122 valence electrons. The van der Waals surface area contributed by atoms with Crippen LogP contribution in [0.25, 0.3) is 0 Å². The average Bonchev–Trinajstić information content (AvgIpc) is 2.72. The van der Waals surface area contributed by atoms with Crippen molar-refractivity contribution in [3.05, 3.63) is 40.6 Å². The predicted octanol–water partition coefficient (Wildman–Crippen LogP) is -2.27. The number of hydrogen-bond acceptors (Lipinski definition) is 7. The molecule has 0 bridgehead atoms. The zero-order chi connectivity index (χ0) is 17.2. The number of carboxylic acid groups (broad SMARTS) is 1. The third-order valence-electron chi connectivity index (χ3n) is 2.39. The molecule has 0 atom stereocenters. The minimum atomic E-state index is -1.63. The average molecular weight is 314 g/mol. The van der Waals surface area contributed by atoms with E-state index >= 15 is 0 Å². The number of nitrogens with one attached hydrogen (secondary N) is 1. The van der Waals surface area contributed by atoms with Crippen molar-refractivity contribution in [3.63, 3.8) is 0 Å². The van der Waals surface area contributed by atoms with Crippen LogP contribution in [0.3, 0.4) is 0 Å². The van der Waals surface area contributed by atoms with Crippen LogP contribution in [-0.2, 0) is 9.59 Å². The number of hydrogen-bond donors (Lipinski definition) is 6. The molecule has 22 heavy (non-hydrogen) atoms. The van der Waals surface area contributed by atoms with Gasteiger partial charge in [0.15, 0.2) is 0 Å². The number of nitrogens with two attached hydrogens (primary N) is 1. The molecule has 0 aliphatic rings. The second-order valence-electron chi connectivity index (χ2n) is 4.28. The zero-order valence-electron chi connectivity index (χ0n) is 11.6. The molecule has 0 aliphatic carbocycles. The van der Waals surface area contributed by atoms with Crippen molar-refractivity contribution in [1.82, 2.24) is 0 Å². The van der Waals surface area contributed by atoms with Crippen LogP contribution in [-0.4, -0.2) is 57.7 Å². The highest BCUT2D eigenvalue weighted by Crippen LogP contribution is 1.96. The lowest BCUT2D eigenvalue weighted by Gasteiger charge is -2.20. The van der Waals surface area contributed by atoms with Crippen molar-refractivity contribution < 1.29 is 30.0 Å². The number of anilines is 1. The first-order valence-corrected chi connectivity index (χ1v) is 6.04. The van der Waals surface area contributed by atoms with E-state index in [-0.39, 0.29) is 5.69 Å². The summed E-state index contributed by atoms with van der Waals surface area (Å²) in [5.74, 6) is -2.86. The maximum absolute atomic E-state index is 11.2. The Balaban J connectivity index is 0.000000472. The first-order chi connectivity index (χ1) is 10.3. The largest absolute Gasteiger partial charge is 0.474 e. The van der Waals surface area contributed by atoms with Crippen LogP contribution in [0.5, 0.6) is 0 Å². The first-order valence-electron chi connectivity index (χ1n) is 6.04. The van der Waals surface area contributed by atoms with Gasteiger partial charge in [-0.05, 0) is 12.1 Å². The Morgan fingerprint density at radius 2 is 1.55 bits per heavy atom. The van der Waals surface area contributed by atoms with E-state index in [0.29, 0.717) is 0 Å². The summed E-state index contributed by atoms with van der Waals surface area (Å²) in [5, 5.41) is 35.3. The molecule has 0 spiro atoms. The summed E-state index contributed by atoms with van der Waals surface area (Å²) in [6, 6.07) is 7.19. The minimum Gasteiger partial charge on any atom is -0.474 e. The van der Waals surface area contributed by atoms with E-state index in [4.69, 9.17) is 26.2 Å². The fourth-order valence-corrected chi connectivity index (χ4v) is 0.960. The summed E-state index contributed by atoms with van der Waals surface area (Å²) >= 11 is 0. The van der Waals surface area contributed by atoms with E-state index in [0.717, 1.165) is 0 Å². The highest BCUT2D eigenvalue weighted by atomic mass is 16.4. The zero-order valence-corrected chi connectivity index (χ0v) is 11.6. The van der Waals surface area contributed by atoms with E-state index < -0.39 is 42.7 Å². The van der Waals surface area contributed by atoms with Gasteiger partial charge in [-0.1, -0.05) is 18.2 Å². The summed E-state index contributed by atoms with van der Waals surface area (Å²) in [7, 11) is 0. The second kappa shape index (κ2) is 9.58. The number of aliphatic carboxylic acids is 1. The summed E-state index contributed by atoms with van der Waals surface area (Å²) in [4.78, 5) is 32.1. The van der Waals surface area contributed by atoms with Crippen molar-refractivity contribution >= 4 is 17.6 Å². The van der Waals surface area contributed by atoms with Crippen LogP contribution in [0.1, 0.15) is 0 Å². The molecular formula is C13H18N2O7. The maximum atomic E-state index is 11.2. The number of rotatable bonds is 4. The molecule has 1 amide bonds. The molecule has 0 saturated heterocycles. The Morgan fingerprint density at radius 1 is 1.05 bits per heavy atom. The molecule has 0 saturated carbocycles. The quantitative estimate of drug-likeness (QED) is 0.338. The van der Waals surface area contributed by atoms with Gasteiger partial charge in [0.2, 0.25) is 5.43 Å². The lowest BCUT2D eigenvalue weighted by atomic mass is 10.1. The van der Waals surface area contributed by atoms with Crippen molar-refractivity contribution in [2.75, 3.05) is 25.1 Å². The van der Waals surface area contributed by atoms with Gasteiger partial charge in [0.05, 0.1) is 31.0 Å². The van der Waals surface area contributed by atoms with E-state index in [2.05, 4.69) is 0 Å². The van der Waals surface area contributed by atoms with Crippen LogP contribution in [0.4, 0.5) is 5.69 Å². The molecule has 9 nitrogen and oxygen atoms in total. The molecule has 0 radical (unpaired) electrons. The van der Waals surface area contributed by atoms with Crippen LogP contribution in [0.15, 0.2) is 35.1 Å². The number of carbonyl (C=O) groups is 2. The van der Waals surface area contributed by atoms with Crippen LogP contribution in [0.2, 0.25) is 0 Å². The van der Waals surface area contributed by atoms with Gasteiger partial charge in [-0.15, -0.1) is 0 Å². The number of aliphatic hydroxyl groups excluding tert-OH is 3. The van der Waals surface area contributed by atoms with Gasteiger partial charge in [0.1, 0.15) is 0 Å². The summed E-state index contributed by atoms with van der Waals surface area (Å²) < 4.78 is 0. The van der Waals surface area contributed by atoms with Gasteiger partial charge >= 0.3 is 11.9 Å². The normalized spacial score (nSPS) is 10.2. The highest BCUT2D eigenvalue weighted by molar-refractivity contribution is 6.36. The van der Waals surface area contributed by atoms with E-state index in [1.54, 1.807) is 6.07 Å². The molecule has 0 heterocycles. The van der Waals surface area contributed by atoms with E-state index in [9.17, 15) is 14.4 Å². The smallest absolute Gasteiger partial charge is 0.394 e. The van der Waals surface area contributed by atoms with Gasteiger partial charge < -0.3 is 31.5 Å². The van der Waals surface area contributed by atoms with Gasteiger partial charge in [-0.2, -0.15) is 0 Å². The fourth-order valence-electron chi connectivity index (χ4n) is 0.960. The van der Waals surface area contributed by atoms with Crippen LogP contribution < -0.4 is 16.5 Å². The molecule has 1 aromatic rings. The van der Waals surface area contributed by atoms with Crippen molar-refractivity contribution in [3.8, 4) is 0 Å². The number of carbonyl (C=O) groups excluding carboxylic acids is 1. The van der Waals surface area contributed by atoms with Crippen molar-refractivity contribution in [1.29, 1.82) is 0 Å². The van der Waals surface area contributed by atoms with Crippen LogP contribution in [0, 0.1) is 0 Å². The molecule has 9 heteroatoms. The SMILES string of the molecule is NC(CO)(CO)CO.O=C(O)C(=O)Nc1cccccc1=O. The van der Waals surface area contributed by atoms with Gasteiger partial charge in [0.25, 0.3) is 0 Å². The third-order valence-corrected chi connectivity index (χ3v) is 2.39.